The summed E-state index contributed by atoms with van der Waals surface area (Å²) >= 11 is 1.49. The lowest BCUT2D eigenvalue weighted by Gasteiger charge is -2.26. The number of nitrogens with zero attached hydrogens (tertiary/aromatic N) is 2. The molecule has 0 aliphatic heterocycles. The molecule has 3 aromatic rings. The Labute approximate surface area is 168 Å². The van der Waals surface area contributed by atoms with Crippen molar-refractivity contribution < 1.29 is 9.53 Å². The molecule has 1 aliphatic rings. The van der Waals surface area contributed by atoms with Gasteiger partial charge in [0.25, 0.3) is 5.56 Å². The van der Waals surface area contributed by atoms with E-state index in [-0.39, 0.29) is 24.2 Å². The molecule has 0 saturated heterocycles. The normalized spacial score (nSPS) is 19.6. The average molecular weight is 397 g/mol. The lowest BCUT2D eigenvalue weighted by Crippen LogP contribution is -2.31. The van der Waals surface area contributed by atoms with E-state index in [1.165, 1.54) is 15.9 Å². The van der Waals surface area contributed by atoms with Gasteiger partial charge in [0.1, 0.15) is 23.3 Å². The lowest BCUT2D eigenvalue weighted by molar-refractivity contribution is -0.151. The minimum Gasteiger partial charge on any atom is -0.461 e. The van der Waals surface area contributed by atoms with Crippen LogP contribution >= 0.6 is 11.3 Å². The highest BCUT2D eigenvalue weighted by Gasteiger charge is 2.22. The van der Waals surface area contributed by atoms with Crippen LogP contribution in [0.4, 0.5) is 0 Å². The van der Waals surface area contributed by atoms with E-state index in [1.807, 2.05) is 36.4 Å². The van der Waals surface area contributed by atoms with Crippen molar-refractivity contribution >= 4 is 27.5 Å². The molecule has 5 nitrogen and oxygen atoms in total. The van der Waals surface area contributed by atoms with Gasteiger partial charge in [0.05, 0.1) is 5.39 Å². The second-order valence-corrected chi connectivity index (χ2v) is 8.65. The molecule has 1 aliphatic carbocycles. The first-order valence-electron chi connectivity index (χ1n) is 9.77. The smallest absolute Gasteiger partial charge is 0.326 e. The topological polar surface area (TPSA) is 61.2 Å². The first-order chi connectivity index (χ1) is 13.5. The standard InChI is InChI=1S/C22H24N2O3S/c1-14-8-10-17(11-9-14)27-20(25)13-24-15(2)23-21-18(22(24)26)12-19(28-21)16-6-4-3-5-7-16/h3-7,12,14,17H,8-11,13H2,1-2H3. The van der Waals surface area contributed by atoms with Gasteiger partial charge in [0.15, 0.2) is 0 Å². The van der Waals surface area contributed by atoms with Crippen molar-refractivity contribution in [2.45, 2.75) is 52.2 Å². The van der Waals surface area contributed by atoms with Gasteiger partial charge >= 0.3 is 5.97 Å². The molecule has 146 valence electrons. The highest BCUT2D eigenvalue weighted by Crippen LogP contribution is 2.31. The zero-order valence-corrected chi connectivity index (χ0v) is 17.0. The van der Waals surface area contributed by atoms with E-state index in [1.54, 1.807) is 6.92 Å². The Bertz CT molecular complexity index is 1050. The molecule has 0 radical (unpaired) electrons. The second-order valence-electron chi connectivity index (χ2n) is 7.62. The van der Waals surface area contributed by atoms with Gasteiger partial charge in [-0.15, -0.1) is 11.3 Å². The molecular weight excluding hydrogens is 372 g/mol. The summed E-state index contributed by atoms with van der Waals surface area (Å²) in [6, 6.07) is 11.8. The van der Waals surface area contributed by atoms with Crippen LogP contribution in [0.3, 0.4) is 0 Å². The summed E-state index contributed by atoms with van der Waals surface area (Å²) in [6.45, 7) is 3.90. The number of carbonyl (C=O) groups excluding carboxylic acids is 1. The average Bonchev–Trinajstić information content (AvgIpc) is 3.12. The Kier molecular flexibility index (Phi) is 5.31. The fraction of sp³-hybridized carbons (Fsp3) is 0.409. The molecule has 0 bridgehead atoms. The van der Waals surface area contributed by atoms with Gasteiger partial charge in [-0.25, -0.2) is 4.98 Å². The summed E-state index contributed by atoms with van der Waals surface area (Å²) in [5, 5.41) is 0.550. The van der Waals surface area contributed by atoms with E-state index in [2.05, 4.69) is 11.9 Å². The maximum Gasteiger partial charge on any atom is 0.326 e. The summed E-state index contributed by atoms with van der Waals surface area (Å²) < 4.78 is 7.04. The third-order valence-corrected chi connectivity index (χ3v) is 6.53. The number of benzene rings is 1. The Morgan fingerprint density at radius 2 is 1.93 bits per heavy atom. The lowest BCUT2D eigenvalue weighted by atomic mass is 9.89. The first-order valence-corrected chi connectivity index (χ1v) is 10.6. The Hall–Kier alpha value is -2.47. The molecule has 2 aromatic heterocycles. The van der Waals surface area contributed by atoms with Crippen molar-refractivity contribution in [1.82, 2.24) is 9.55 Å². The molecule has 0 N–H and O–H groups in total. The molecule has 28 heavy (non-hydrogen) atoms. The predicted molar refractivity (Wildman–Crippen MR) is 112 cm³/mol. The van der Waals surface area contributed by atoms with E-state index in [4.69, 9.17) is 4.74 Å². The predicted octanol–water partition coefficient (Wildman–Crippen LogP) is 4.56. The molecule has 1 aromatic carbocycles. The zero-order valence-electron chi connectivity index (χ0n) is 16.2. The van der Waals surface area contributed by atoms with Crippen LogP contribution in [0, 0.1) is 12.8 Å². The van der Waals surface area contributed by atoms with Crippen molar-refractivity contribution in [3.8, 4) is 10.4 Å². The van der Waals surface area contributed by atoms with Gasteiger partial charge in [-0.2, -0.15) is 0 Å². The van der Waals surface area contributed by atoms with Crippen molar-refractivity contribution in [2.75, 3.05) is 0 Å². The van der Waals surface area contributed by atoms with Gasteiger partial charge < -0.3 is 4.74 Å². The molecule has 1 fully saturated rings. The highest BCUT2D eigenvalue weighted by atomic mass is 32.1. The van der Waals surface area contributed by atoms with E-state index in [0.717, 1.165) is 36.1 Å². The molecule has 4 rings (SSSR count). The van der Waals surface area contributed by atoms with Crippen LogP contribution in [0.25, 0.3) is 20.7 Å². The molecule has 1 saturated carbocycles. The Balaban J connectivity index is 1.57. The molecule has 0 atom stereocenters. The van der Waals surface area contributed by atoms with Crippen LogP contribution in [0.2, 0.25) is 0 Å². The summed E-state index contributed by atoms with van der Waals surface area (Å²) in [5.74, 6) is 0.876. The van der Waals surface area contributed by atoms with Crippen LogP contribution in [0.5, 0.6) is 0 Å². The van der Waals surface area contributed by atoms with Gasteiger partial charge in [-0.05, 0) is 50.2 Å². The zero-order chi connectivity index (χ0) is 19.7. The van der Waals surface area contributed by atoms with Crippen LogP contribution < -0.4 is 5.56 Å². The monoisotopic (exact) mass is 396 g/mol. The quantitative estimate of drug-likeness (QED) is 0.607. The van der Waals surface area contributed by atoms with Gasteiger partial charge in [-0.3, -0.25) is 14.2 Å². The summed E-state index contributed by atoms with van der Waals surface area (Å²) in [5.41, 5.74) is 0.871. The van der Waals surface area contributed by atoms with Crippen molar-refractivity contribution in [3.05, 3.63) is 52.6 Å². The van der Waals surface area contributed by atoms with E-state index in [9.17, 15) is 9.59 Å². The number of carbonyl (C=O) groups is 1. The summed E-state index contributed by atoms with van der Waals surface area (Å²) in [7, 11) is 0. The Morgan fingerprint density at radius 3 is 2.64 bits per heavy atom. The van der Waals surface area contributed by atoms with Crippen molar-refractivity contribution in [1.29, 1.82) is 0 Å². The molecular formula is C22H24N2O3S. The molecule has 0 spiro atoms. The number of rotatable bonds is 4. The minimum atomic E-state index is -0.357. The SMILES string of the molecule is Cc1nc2sc(-c3ccccc3)cc2c(=O)n1CC(=O)OC1CCC(C)CC1. The number of esters is 1. The van der Waals surface area contributed by atoms with Crippen LogP contribution in [-0.2, 0) is 16.1 Å². The highest BCUT2D eigenvalue weighted by molar-refractivity contribution is 7.21. The van der Waals surface area contributed by atoms with Crippen molar-refractivity contribution in [2.24, 2.45) is 5.92 Å². The number of hydrogen-bond donors (Lipinski definition) is 0. The van der Waals surface area contributed by atoms with Crippen molar-refractivity contribution in [3.63, 3.8) is 0 Å². The van der Waals surface area contributed by atoms with E-state index >= 15 is 0 Å². The molecule has 6 heteroatoms. The van der Waals surface area contributed by atoms with Gasteiger partial charge in [-0.1, -0.05) is 37.3 Å². The fourth-order valence-corrected chi connectivity index (χ4v) is 4.82. The maximum atomic E-state index is 13.0. The number of aromatic nitrogens is 2. The van der Waals surface area contributed by atoms with Gasteiger partial charge in [0.2, 0.25) is 0 Å². The number of hydrogen-bond acceptors (Lipinski definition) is 5. The van der Waals surface area contributed by atoms with Crippen LogP contribution in [-0.4, -0.2) is 21.6 Å². The largest absolute Gasteiger partial charge is 0.461 e. The minimum absolute atomic E-state index is 0.0257. The third-order valence-electron chi connectivity index (χ3n) is 5.45. The van der Waals surface area contributed by atoms with Crippen LogP contribution in [0.1, 0.15) is 38.4 Å². The molecule has 0 unspecified atom stereocenters. The maximum absolute atomic E-state index is 13.0. The fourth-order valence-electron chi connectivity index (χ4n) is 3.75. The number of aryl methyl sites for hydroxylation is 1. The first kappa shape index (κ1) is 18.9. The van der Waals surface area contributed by atoms with Crippen LogP contribution in [0.15, 0.2) is 41.2 Å². The number of fused-ring (bicyclic) bond motifs is 1. The summed E-state index contributed by atoms with van der Waals surface area (Å²) in [4.78, 5) is 31.7. The van der Waals surface area contributed by atoms with Gasteiger partial charge in [0, 0.05) is 4.88 Å². The molecule has 2 heterocycles. The Morgan fingerprint density at radius 1 is 1.21 bits per heavy atom. The number of ether oxygens (including phenoxy) is 1. The third kappa shape index (κ3) is 3.87. The molecule has 0 amide bonds. The summed E-state index contributed by atoms with van der Waals surface area (Å²) in [6.07, 6.45) is 3.96. The van der Waals surface area contributed by atoms with E-state index < -0.39 is 0 Å². The second kappa shape index (κ2) is 7.87. The van der Waals surface area contributed by atoms with E-state index in [0.29, 0.717) is 22.0 Å². The number of thiophene rings is 1.